The first-order valence-electron chi connectivity index (χ1n) is 14.3. The number of nitrogens with zero attached hydrogens (tertiary/aromatic N) is 7. The fourth-order valence-electron chi connectivity index (χ4n) is 5.44. The second-order valence-corrected chi connectivity index (χ2v) is 10.4. The van der Waals surface area contributed by atoms with Crippen LogP contribution in [0.15, 0.2) is 42.9 Å². The fourth-order valence-corrected chi connectivity index (χ4v) is 5.44. The number of rotatable bonds is 7. The van der Waals surface area contributed by atoms with Gasteiger partial charge in [0.15, 0.2) is 11.5 Å². The third-order valence-electron chi connectivity index (χ3n) is 7.68. The third-order valence-corrected chi connectivity index (χ3v) is 7.68. The van der Waals surface area contributed by atoms with Gasteiger partial charge in [-0.1, -0.05) is 0 Å². The van der Waals surface area contributed by atoms with Crippen molar-refractivity contribution < 1.29 is 27.5 Å². The van der Waals surface area contributed by atoms with Crippen molar-refractivity contribution >= 4 is 34.5 Å². The molecule has 2 N–H and O–H groups in total. The number of aromatic nitrogens is 5. The molecule has 3 amide bonds. The summed E-state index contributed by atoms with van der Waals surface area (Å²) in [5.74, 6) is -1.37. The maximum atomic E-state index is 15.5. The molecular weight excluding hydrogens is 579 g/mol. The Labute approximate surface area is 250 Å². The summed E-state index contributed by atoms with van der Waals surface area (Å²) in [7, 11) is 0. The number of fused-ring (bicyclic) bond motifs is 1. The van der Waals surface area contributed by atoms with E-state index in [2.05, 4.69) is 30.7 Å². The van der Waals surface area contributed by atoms with E-state index in [1.54, 1.807) is 40.3 Å². The molecule has 4 aromatic rings. The SMILES string of the molecule is O=C(NCCF)Nc1cc(F)c(-c2nc(N3CCOCC3)c3cnn(C4CCN(C(=O)c5cccnc5)CC4)c3n2)cc1F. The van der Waals surface area contributed by atoms with Gasteiger partial charge in [-0.3, -0.25) is 9.78 Å². The minimum absolute atomic E-state index is 0.0465. The van der Waals surface area contributed by atoms with Gasteiger partial charge in [0, 0.05) is 51.2 Å². The number of carbonyl (C=O) groups excluding carboxylic acids is 2. The van der Waals surface area contributed by atoms with E-state index < -0.39 is 30.0 Å². The average Bonchev–Trinajstić information content (AvgIpc) is 3.49. The maximum absolute atomic E-state index is 15.5. The van der Waals surface area contributed by atoms with Crippen molar-refractivity contribution in [2.75, 3.05) is 62.8 Å². The summed E-state index contributed by atoms with van der Waals surface area (Å²) >= 11 is 0. The number of likely N-dealkylation sites (tertiary alicyclic amines) is 1. The molecule has 0 radical (unpaired) electrons. The molecule has 1 aromatic carbocycles. The van der Waals surface area contributed by atoms with Gasteiger partial charge in [0.05, 0.1) is 47.7 Å². The number of piperidine rings is 1. The van der Waals surface area contributed by atoms with E-state index in [1.165, 1.54) is 0 Å². The van der Waals surface area contributed by atoms with Crippen molar-refractivity contribution in [3.63, 3.8) is 0 Å². The number of benzene rings is 1. The average molecular weight is 610 g/mol. The largest absolute Gasteiger partial charge is 0.378 e. The summed E-state index contributed by atoms with van der Waals surface area (Å²) in [6.07, 6.45) is 6.07. The van der Waals surface area contributed by atoms with Crippen LogP contribution in [-0.4, -0.2) is 94.2 Å². The van der Waals surface area contributed by atoms with Crippen LogP contribution in [-0.2, 0) is 4.74 Å². The summed E-state index contributed by atoms with van der Waals surface area (Å²) in [6, 6.07) is 4.27. The monoisotopic (exact) mass is 609 g/mol. The lowest BCUT2D eigenvalue weighted by molar-refractivity contribution is 0.0691. The molecule has 0 spiro atoms. The number of carbonyl (C=O) groups is 2. The lowest BCUT2D eigenvalue weighted by Gasteiger charge is -2.32. The molecule has 5 heterocycles. The van der Waals surface area contributed by atoms with Crippen molar-refractivity contribution in [2.24, 2.45) is 0 Å². The van der Waals surface area contributed by atoms with Crippen molar-refractivity contribution in [1.29, 1.82) is 0 Å². The quantitative estimate of drug-likeness (QED) is 0.325. The Morgan fingerprint density at radius 3 is 2.55 bits per heavy atom. The van der Waals surface area contributed by atoms with E-state index in [0.29, 0.717) is 74.6 Å². The summed E-state index contributed by atoms with van der Waals surface area (Å²) < 4.78 is 50.2. The molecule has 0 atom stereocenters. The summed E-state index contributed by atoms with van der Waals surface area (Å²) in [6.45, 7) is 1.98. The van der Waals surface area contributed by atoms with Crippen LogP contribution in [0.2, 0.25) is 0 Å². The topological polar surface area (TPSA) is 130 Å². The second kappa shape index (κ2) is 12.8. The van der Waals surface area contributed by atoms with Crippen LogP contribution < -0.4 is 15.5 Å². The number of ether oxygens (including phenoxy) is 1. The number of hydrogen-bond donors (Lipinski definition) is 2. The van der Waals surface area contributed by atoms with Crippen LogP contribution in [0.1, 0.15) is 29.2 Å². The molecule has 2 saturated heterocycles. The first-order valence-corrected chi connectivity index (χ1v) is 14.3. The zero-order valence-electron chi connectivity index (χ0n) is 23.7. The lowest BCUT2D eigenvalue weighted by Crippen LogP contribution is -2.39. The Morgan fingerprint density at radius 2 is 1.82 bits per heavy atom. The number of morpholine rings is 1. The van der Waals surface area contributed by atoms with Crippen LogP contribution in [0.4, 0.5) is 29.5 Å². The van der Waals surface area contributed by atoms with Gasteiger partial charge in [-0.25, -0.2) is 32.6 Å². The van der Waals surface area contributed by atoms with Gasteiger partial charge in [0.1, 0.15) is 24.1 Å². The second-order valence-electron chi connectivity index (χ2n) is 10.4. The van der Waals surface area contributed by atoms with Crippen molar-refractivity contribution in [3.8, 4) is 11.4 Å². The summed E-state index contributed by atoms with van der Waals surface area (Å²) in [5, 5.41) is 9.69. The van der Waals surface area contributed by atoms with E-state index in [9.17, 15) is 14.0 Å². The minimum atomic E-state index is -0.910. The van der Waals surface area contributed by atoms with Crippen LogP contribution in [0.3, 0.4) is 0 Å². The van der Waals surface area contributed by atoms with Gasteiger partial charge in [-0.2, -0.15) is 5.10 Å². The molecule has 15 heteroatoms. The van der Waals surface area contributed by atoms with Gasteiger partial charge < -0.3 is 25.2 Å². The van der Waals surface area contributed by atoms with Crippen LogP contribution >= 0.6 is 0 Å². The Hall–Kier alpha value is -4.79. The molecule has 0 aliphatic carbocycles. The molecule has 2 fully saturated rings. The molecule has 2 aliphatic heterocycles. The van der Waals surface area contributed by atoms with Crippen LogP contribution in [0.5, 0.6) is 0 Å². The van der Waals surface area contributed by atoms with E-state index in [-0.39, 0.29) is 29.9 Å². The lowest BCUT2D eigenvalue weighted by atomic mass is 10.0. The van der Waals surface area contributed by atoms with E-state index in [0.717, 1.165) is 12.1 Å². The molecular formula is C29H30F3N9O3. The summed E-state index contributed by atoms with van der Waals surface area (Å²) in [4.78, 5) is 42.0. The highest BCUT2D eigenvalue weighted by atomic mass is 19.1. The number of hydrogen-bond acceptors (Lipinski definition) is 8. The highest BCUT2D eigenvalue weighted by Gasteiger charge is 2.29. The predicted molar refractivity (Wildman–Crippen MR) is 155 cm³/mol. The molecule has 0 saturated carbocycles. The number of anilines is 2. The molecule has 3 aromatic heterocycles. The molecule has 0 unspecified atom stereocenters. The smallest absolute Gasteiger partial charge is 0.319 e. The summed E-state index contributed by atoms with van der Waals surface area (Å²) in [5.41, 5.74) is 0.382. The Kier molecular flexibility index (Phi) is 8.54. The number of amides is 3. The van der Waals surface area contributed by atoms with Crippen molar-refractivity contribution in [3.05, 3.63) is 60.1 Å². The fraction of sp³-hybridized carbons (Fsp3) is 0.379. The van der Waals surface area contributed by atoms with Crippen molar-refractivity contribution in [1.82, 2.24) is 34.9 Å². The highest BCUT2D eigenvalue weighted by Crippen LogP contribution is 2.34. The number of urea groups is 1. The Bertz CT molecular complexity index is 1660. The van der Waals surface area contributed by atoms with E-state index in [1.807, 2.05) is 4.90 Å². The predicted octanol–water partition coefficient (Wildman–Crippen LogP) is 3.57. The number of halogens is 3. The third kappa shape index (κ3) is 6.00. The highest BCUT2D eigenvalue weighted by molar-refractivity contribution is 5.94. The molecule has 0 bridgehead atoms. The maximum Gasteiger partial charge on any atom is 0.319 e. The van der Waals surface area contributed by atoms with Gasteiger partial charge in [0.25, 0.3) is 5.91 Å². The van der Waals surface area contributed by atoms with E-state index in [4.69, 9.17) is 4.74 Å². The van der Waals surface area contributed by atoms with Crippen LogP contribution in [0, 0.1) is 11.6 Å². The number of alkyl halides is 1. The first kappa shape index (κ1) is 29.3. The van der Waals surface area contributed by atoms with Crippen LogP contribution in [0.25, 0.3) is 22.4 Å². The molecule has 44 heavy (non-hydrogen) atoms. The van der Waals surface area contributed by atoms with Gasteiger partial charge in [-0.15, -0.1) is 0 Å². The van der Waals surface area contributed by atoms with Gasteiger partial charge in [-0.05, 0) is 31.0 Å². The number of nitrogens with one attached hydrogen (secondary N) is 2. The van der Waals surface area contributed by atoms with Crippen molar-refractivity contribution in [2.45, 2.75) is 18.9 Å². The molecule has 6 rings (SSSR count). The Morgan fingerprint density at radius 1 is 1.02 bits per heavy atom. The van der Waals surface area contributed by atoms with E-state index >= 15 is 8.78 Å². The number of pyridine rings is 1. The Balaban J connectivity index is 1.32. The first-order chi connectivity index (χ1) is 21.4. The zero-order chi connectivity index (χ0) is 30.6. The molecule has 12 nitrogen and oxygen atoms in total. The molecule has 2 aliphatic rings. The minimum Gasteiger partial charge on any atom is -0.378 e. The zero-order valence-corrected chi connectivity index (χ0v) is 23.7. The normalized spacial score (nSPS) is 15.9. The van der Waals surface area contributed by atoms with Gasteiger partial charge in [0.2, 0.25) is 0 Å². The molecule has 230 valence electrons. The van der Waals surface area contributed by atoms with Gasteiger partial charge >= 0.3 is 6.03 Å². The standard InChI is InChI=1S/C29H30F3N9O3/c30-5-7-34-29(43)36-24-15-22(31)20(14-23(24)32)25-37-26(39-10-12-44-13-11-39)21-17-35-41(27(21)38-25)19-3-8-40(9-4-19)28(42)18-2-1-6-33-16-18/h1-2,6,14-17,19H,3-5,7-13H2,(H2,34,36,43).